The number of aromatic nitrogens is 1. The van der Waals surface area contributed by atoms with E-state index in [9.17, 15) is 4.79 Å². The van der Waals surface area contributed by atoms with Crippen LogP contribution in [0.15, 0.2) is 23.3 Å². The first-order valence-corrected chi connectivity index (χ1v) is 4.86. The van der Waals surface area contributed by atoms with Crippen molar-refractivity contribution in [3.8, 4) is 0 Å². The number of nitrogens with zero attached hydrogens (tertiary/aromatic N) is 1. The molecule has 0 amide bonds. The first-order chi connectivity index (χ1) is 6.77. The van der Waals surface area contributed by atoms with Crippen LogP contribution in [0.3, 0.4) is 0 Å². The molecule has 4 heteroatoms. The molecule has 1 heterocycles. The molecular formula is C10H17N3O. The van der Waals surface area contributed by atoms with Crippen molar-refractivity contribution >= 4 is 0 Å². The highest BCUT2D eigenvalue weighted by molar-refractivity contribution is 5.08. The summed E-state index contributed by atoms with van der Waals surface area (Å²) >= 11 is 0. The number of hydrogen-bond acceptors (Lipinski definition) is 3. The van der Waals surface area contributed by atoms with Crippen molar-refractivity contribution < 1.29 is 0 Å². The van der Waals surface area contributed by atoms with E-state index < -0.39 is 0 Å². The summed E-state index contributed by atoms with van der Waals surface area (Å²) in [5.74, 6) is 0. The molecule has 0 fully saturated rings. The number of pyridine rings is 1. The van der Waals surface area contributed by atoms with Gasteiger partial charge >= 0.3 is 0 Å². The van der Waals surface area contributed by atoms with Gasteiger partial charge < -0.3 is 10.7 Å². The van der Waals surface area contributed by atoms with Crippen molar-refractivity contribution in [2.24, 2.45) is 5.73 Å². The average Bonchev–Trinajstić information content (AvgIpc) is 2.20. The van der Waals surface area contributed by atoms with Crippen LogP contribution in [0, 0.1) is 0 Å². The zero-order valence-electron chi connectivity index (χ0n) is 8.49. The molecule has 0 radical (unpaired) electrons. The number of nitrogens with one attached hydrogen (secondary N) is 1. The largest absolute Gasteiger partial charge is 0.367 e. The topological polar surface area (TPSA) is 62.1 Å². The highest BCUT2D eigenvalue weighted by Crippen LogP contribution is 1.96. The van der Waals surface area contributed by atoms with E-state index in [2.05, 4.69) is 16.8 Å². The minimum absolute atomic E-state index is 0.0826. The molecule has 1 rings (SSSR count). The van der Waals surface area contributed by atoms with Crippen LogP contribution in [0.4, 0.5) is 0 Å². The van der Waals surface area contributed by atoms with Gasteiger partial charge in [-0.15, -0.1) is 0 Å². The molecule has 1 aromatic rings. The van der Waals surface area contributed by atoms with Gasteiger partial charge in [0, 0.05) is 43.7 Å². The molecule has 0 atom stereocenters. The molecule has 0 aromatic carbocycles. The standard InChI is InChI=1S/C10H17N3O/c1-2-13(6-4-11)8-9-7-12-5-3-10(9)14/h3,5,7H,2,4,6,8,11H2,1H3,(H,12,14). The lowest BCUT2D eigenvalue weighted by atomic mass is 10.2. The first-order valence-electron chi connectivity index (χ1n) is 4.86. The van der Waals surface area contributed by atoms with E-state index in [0.717, 1.165) is 18.7 Å². The average molecular weight is 195 g/mol. The van der Waals surface area contributed by atoms with Crippen LogP contribution in [-0.4, -0.2) is 29.5 Å². The van der Waals surface area contributed by atoms with Crippen LogP contribution >= 0.6 is 0 Å². The lowest BCUT2D eigenvalue weighted by Crippen LogP contribution is -2.30. The van der Waals surface area contributed by atoms with E-state index in [1.54, 1.807) is 18.5 Å². The summed E-state index contributed by atoms with van der Waals surface area (Å²) in [5, 5.41) is 0. The van der Waals surface area contributed by atoms with Crippen molar-refractivity contribution in [3.63, 3.8) is 0 Å². The highest BCUT2D eigenvalue weighted by Gasteiger charge is 2.04. The Labute approximate surface area is 83.7 Å². The van der Waals surface area contributed by atoms with E-state index in [1.807, 2.05) is 0 Å². The van der Waals surface area contributed by atoms with Crippen LogP contribution in [-0.2, 0) is 6.54 Å². The van der Waals surface area contributed by atoms with Crippen LogP contribution < -0.4 is 11.2 Å². The van der Waals surface area contributed by atoms with E-state index in [1.165, 1.54) is 0 Å². The maximum absolute atomic E-state index is 11.4. The van der Waals surface area contributed by atoms with Crippen LogP contribution in [0.2, 0.25) is 0 Å². The highest BCUT2D eigenvalue weighted by atomic mass is 16.1. The second kappa shape index (κ2) is 5.57. The van der Waals surface area contributed by atoms with Gasteiger partial charge in [0.25, 0.3) is 0 Å². The molecule has 4 nitrogen and oxygen atoms in total. The Bertz CT molecular complexity index is 321. The van der Waals surface area contributed by atoms with E-state index in [4.69, 9.17) is 5.73 Å². The van der Waals surface area contributed by atoms with Gasteiger partial charge in [-0.3, -0.25) is 9.69 Å². The quantitative estimate of drug-likeness (QED) is 0.703. The van der Waals surface area contributed by atoms with Gasteiger partial charge in [0.1, 0.15) is 0 Å². The predicted molar refractivity (Wildman–Crippen MR) is 57.1 cm³/mol. The van der Waals surface area contributed by atoms with Gasteiger partial charge in [-0.2, -0.15) is 0 Å². The lowest BCUT2D eigenvalue weighted by Gasteiger charge is -2.18. The Hall–Kier alpha value is -1.13. The number of nitrogens with two attached hydrogens (primary N) is 1. The fourth-order valence-corrected chi connectivity index (χ4v) is 1.35. The predicted octanol–water partition coefficient (Wildman–Crippen LogP) is 0.155. The smallest absolute Gasteiger partial charge is 0.186 e. The Kier molecular flexibility index (Phi) is 4.35. The molecule has 0 aliphatic rings. The number of aromatic amines is 1. The fourth-order valence-electron chi connectivity index (χ4n) is 1.35. The van der Waals surface area contributed by atoms with Gasteiger partial charge in [-0.25, -0.2) is 0 Å². The number of H-pyrrole nitrogens is 1. The van der Waals surface area contributed by atoms with Crippen LogP contribution in [0.25, 0.3) is 0 Å². The van der Waals surface area contributed by atoms with Crippen molar-refractivity contribution in [2.45, 2.75) is 13.5 Å². The SMILES string of the molecule is CCN(CCN)Cc1c[nH]ccc1=O. The third kappa shape index (κ3) is 2.97. The molecule has 0 unspecified atom stereocenters. The third-order valence-corrected chi connectivity index (χ3v) is 2.19. The van der Waals surface area contributed by atoms with Gasteiger partial charge in [0.2, 0.25) is 0 Å². The Morgan fingerprint density at radius 1 is 1.57 bits per heavy atom. The summed E-state index contributed by atoms with van der Waals surface area (Å²) in [7, 11) is 0. The first kappa shape index (κ1) is 10.9. The van der Waals surface area contributed by atoms with Gasteiger partial charge in [0.15, 0.2) is 5.43 Å². The monoisotopic (exact) mass is 195 g/mol. The molecule has 3 N–H and O–H groups in total. The van der Waals surface area contributed by atoms with E-state index in [0.29, 0.717) is 13.1 Å². The molecule has 78 valence electrons. The minimum Gasteiger partial charge on any atom is -0.367 e. The van der Waals surface area contributed by atoms with E-state index >= 15 is 0 Å². The van der Waals surface area contributed by atoms with Crippen LogP contribution in [0.1, 0.15) is 12.5 Å². The Balaban J connectivity index is 2.67. The molecule has 0 aliphatic heterocycles. The summed E-state index contributed by atoms with van der Waals surface area (Å²) in [5.41, 5.74) is 6.35. The van der Waals surface area contributed by atoms with Gasteiger partial charge in [-0.1, -0.05) is 6.92 Å². The summed E-state index contributed by atoms with van der Waals surface area (Å²) in [4.78, 5) is 16.5. The molecular weight excluding hydrogens is 178 g/mol. The molecule has 0 saturated carbocycles. The number of likely N-dealkylation sites (N-methyl/N-ethyl adjacent to an activating group) is 1. The summed E-state index contributed by atoms with van der Waals surface area (Å²) < 4.78 is 0. The van der Waals surface area contributed by atoms with Crippen molar-refractivity contribution in [1.29, 1.82) is 0 Å². The van der Waals surface area contributed by atoms with E-state index in [-0.39, 0.29) is 5.43 Å². The molecule has 0 spiro atoms. The number of hydrogen-bond donors (Lipinski definition) is 2. The third-order valence-electron chi connectivity index (χ3n) is 2.19. The molecule has 14 heavy (non-hydrogen) atoms. The summed E-state index contributed by atoms with van der Waals surface area (Å²) in [6.45, 7) is 5.09. The second-order valence-corrected chi connectivity index (χ2v) is 3.19. The summed E-state index contributed by atoms with van der Waals surface area (Å²) in [6, 6.07) is 1.55. The molecule has 0 aliphatic carbocycles. The second-order valence-electron chi connectivity index (χ2n) is 3.19. The van der Waals surface area contributed by atoms with Crippen LogP contribution in [0.5, 0.6) is 0 Å². The van der Waals surface area contributed by atoms with Crippen molar-refractivity contribution in [1.82, 2.24) is 9.88 Å². The van der Waals surface area contributed by atoms with Crippen molar-refractivity contribution in [3.05, 3.63) is 34.2 Å². The zero-order chi connectivity index (χ0) is 10.4. The Morgan fingerprint density at radius 2 is 2.36 bits per heavy atom. The van der Waals surface area contributed by atoms with Gasteiger partial charge in [-0.05, 0) is 6.54 Å². The Morgan fingerprint density at radius 3 is 2.93 bits per heavy atom. The summed E-state index contributed by atoms with van der Waals surface area (Å²) in [6.07, 6.45) is 3.40. The molecule has 0 saturated heterocycles. The lowest BCUT2D eigenvalue weighted by molar-refractivity contribution is 0.287. The van der Waals surface area contributed by atoms with Gasteiger partial charge in [0.05, 0.1) is 0 Å². The van der Waals surface area contributed by atoms with Crippen molar-refractivity contribution in [2.75, 3.05) is 19.6 Å². The zero-order valence-corrected chi connectivity index (χ0v) is 8.49. The minimum atomic E-state index is 0.0826. The maximum atomic E-state index is 11.4. The molecule has 0 bridgehead atoms. The molecule has 1 aromatic heterocycles. The normalized spacial score (nSPS) is 10.8. The maximum Gasteiger partial charge on any atom is 0.186 e. The fraction of sp³-hybridized carbons (Fsp3) is 0.500. The number of rotatable bonds is 5.